The topological polar surface area (TPSA) is 55.1 Å². The molecule has 0 bridgehead atoms. The molecule has 3 rings (SSSR count). The molecule has 0 amide bonds. The van der Waals surface area contributed by atoms with Gasteiger partial charge in [0.2, 0.25) is 0 Å². The number of carboxylic acids is 1. The number of carboxylic acid groups (broad SMARTS) is 1. The summed E-state index contributed by atoms with van der Waals surface area (Å²) in [4.78, 5) is 15.8. The maximum atomic E-state index is 11.3. The lowest BCUT2D eigenvalue weighted by Gasteiger charge is -2.28. The molecule has 1 saturated carbocycles. The molecule has 1 aliphatic carbocycles. The Morgan fingerprint density at radius 1 is 1.30 bits per heavy atom. The molecular weight excluding hydrogens is 252 g/mol. The Morgan fingerprint density at radius 2 is 2.00 bits per heavy atom. The number of imidazole rings is 1. The fourth-order valence-electron chi connectivity index (χ4n) is 3.37. The average molecular weight is 272 g/mol. The first-order valence-corrected chi connectivity index (χ1v) is 7.28. The van der Waals surface area contributed by atoms with Crippen molar-refractivity contribution in [3.05, 3.63) is 29.6 Å². The number of carbonyl (C=O) groups is 1. The fraction of sp³-hybridized carbons (Fsp3) is 0.500. The molecule has 0 saturated heterocycles. The number of hydrogen-bond donors (Lipinski definition) is 1. The summed E-state index contributed by atoms with van der Waals surface area (Å²) < 4.78 is 2.24. The smallest absolute Gasteiger partial charge is 0.337 e. The quantitative estimate of drug-likeness (QED) is 0.904. The lowest BCUT2D eigenvalue weighted by atomic mass is 9.87. The first-order valence-electron chi connectivity index (χ1n) is 7.28. The second-order valence-electron chi connectivity index (χ2n) is 5.92. The van der Waals surface area contributed by atoms with E-state index >= 15 is 0 Å². The molecule has 1 fully saturated rings. The predicted molar refractivity (Wildman–Crippen MR) is 78.1 cm³/mol. The van der Waals surface area contributed by atoms with E-state index in [1.165, 1.54) is 12.8 Å². The number of para-hydroxylation sites is 1. The monoisotopic (exact) mass is 272 g/mol. The van der Waals surface area contributed by atoms with Crippen molar-refractivity contribution in [1.82, 2.24) is 9.55 Å². The molecular formula is C16H20N2O2. The molecule has 4 heteroatoms. The van der Waals surface area contributed by atoms with Gasteiger partial charge in [-0.1, -0.05) is 13.0 Å². The van der Waals surface area contributed by atoms with Crippen LogP contribution in [-0.2, 0) is 0 Å². The van der Waals surface area contributed by atoms with Gasteiger partial charge in [0.15, 0.2) is 0 Å². The summed E-state index contributed by atoms with van der Waals surface area (Å²) in [5, 5.41) is 9.28. The normalized spacial score (nSPS) is 23.1. The van der Waals surface area contributed by atoms with Crippen molar-refractivity contribution in [1.29, 1.82) is 0 Å². The highest BCUT2D eigenvalue weighted by atomic mass is 16.4. The molecule has 1 heterocycles. The Kier molecular flexibility index (Phi) is 3.24. The van der Waals surface area contributed by atoms with Crippen molar-refractivity contribution in [2.24, 2.45) is 5.92 Å². The molecule has 1 aliphatic rings. The Bertz CT molecular complexity index is 652. The molecule has 0 aliphatic heterocycles. The molecule has 0 atom stereocenters. The number of aromatic carboxylic acids is 1. The fourth-order valence-corrected chi connectivity index (χ4v) is 3.37. The van der Waals surface area contributed by atoms with Crippen LogP contribution in [0.1, 0.15) is 54.8 Å². The van der Waals surface area contributed by atoms with Crippen LogP contribution in [0.2, 0.25) is 0 Å². The molecule has 106 valence electrons. The van der Waals surface area contributed by atoms with Gasteiger partial charge in [0.1, 0.15) is 11.3 Å². The third-order valence-electron chi connectivity index (χ3n) is 4.48. The summed E-state index contributed by atoms with van der Waals surface area (Å²) in [5.74, 6) is 0.821. The molecule has 1 aromatic carbocycles. The number of fused-ring (bicyclic) bond motifs is 1. The van der Waals surface area contributed by atoms with Crippen molar-refractivity contribution in [3.63, 3.8) is 0 Å². The zero-order valence-corrected chi connectivity index (χ0v) is 12.0. The van der Waals surface area contributed by atoms with E-state index in [1.807, 2.05) is 19.1 Å². The van der Waals surface area contributed by atoms with E-state index in [9.17, 15) is 9.90 Å². The van der Waals surface area contributed by atoms with Gasteiger partial charge in [0.25, 0.3) is 0 Å². The molecule has 1 N–H and O–H groups in total. The number of rotatable bonds is 2. The molecule has 0 spiro atoms. The summed E-state index contributed by atoms with van der Waals surface area (Å²) in [5.41, 5.74) is 1.88. The summed E-state index contributed by atoms with van der Waals surface area (Å²) in [7, 11) is 0. The van der Waals surface area contributed by atoms with E-state index < -0.39 is 5.97 Å². The molecule has 1 aromatic heterocycles. The maximum Gasteiger partial charge on any atom is 0.337 e. The Morgan fingerprint density at radius 3 is 2.65 bits per heavy atom. The summed E-state index contributed by atoms with van der Waals surface area (Å²) in [6.45, 7) is 4.28. The van der Waals surface area contributed by atoms with Gasteiger partial charge in [-0.15, -0.1) is 0 Å². The second kappa shape index (κ2) is 4.93. The van der Waals surface area contributed by atoms with E-state index in [1.54, 1.807) is 6.07 Å². The van der Waals surface area contributed by atoms with Crippen LogP contribution < -0.4 is 0 Å². The minimum absolute atomic E-state index is 0.300. The number of nitrogens with zero attached hydrogens (tertiary/aromatic N) is 2. The highest BCUT2D eigenvalue weighted by Gasteiger charge is 2.24. The molecule has 4 nitrogen and oxygen atoms in total. The SMILES string of the molecule is Cc1nc2c(C(=O)O)cccc2n1C1CCC(C)CC1. The lowest BCUT2D eigenvalue weighted by Crippen LogP contribution is -2.17. The van der Waals surface area contributed by atoms with Gasteiger partial charge < -0.3 is 9.67 Å². The van der Waals surface area contributed by atoms with Crippen molar-refractivity contribution in [2.45, 2.75) is 45.6 Å². The zero-order valence-electron chi connectivity index (χ0n) is 12.0. The minimum Gasteiger partial charge on any atom is -0.478 e. The van der Waals surface area contributed by atoms with Gasteiger partial charge in [0, 0.05) is 6.04 Å². The standard InChI is InChI=1S/C16H20N2O2/c1-10-6-8-12(9-7-10)18-11(2)17-15-13(16(19)20)4-3-5-14(15)18/h3-5,10,12H,6-9H2,1-2H3,(H,19,20). The maximum absolute atomic E-state index is 11.3. The highest BCUT2D eigenvalue weighted by Crippen LogP contribution is 2.35. The summed E-state index contributed by atoms with van der Waals surface area (Å²) in [6, 6.07) is 5.89. The van der Waals surface area contributed by atoms with Gasteiger partial charge >= 0.3 is 5.97 Å². The minimum atomic E-state index is -0.905. The molecule has 20 heavy (non-hydrogen) atoms. The van der Waals surface area contributed by atoms with Gasteiger partial charge in [-0.25, -0.2) is 9.78 Å². The largest absolute Gasteiger partial charge is 0.478 e. The lowest BCUT2D eigenvalue weighted by molar-refractivity contribution is 0.0699. The summed E-state index contributed by atoms with van der Waals surface area (Å²) in [6.07, 6.45) is 4.79. The Labute approximate surface area is 118 Å². The van der Waals surface area contributed by atoms with Crippen LogP contribution in [0.5, 0.6) is 0 Å². The van der Waals surface area contributed by atoms with Gasteiger partial charge in [-0.3, -0.25) is 0 Å². The average Bonchev–Trinajstić information content (AvgIpc) is 2.75. The van der Waals surface area contributed by atoms with Crippen LogP contribution in [0, 0.1) is 12.8 Å². The zero-order chi connectivity index (χ0) is 14.3. The number of hydrogen-bond acceptors (Lipinski definition) is 2. The molecule has 0 radical (unpaired) electrons. The van der Waals surface area contributed by atoms with Crippen LogP contribution in [0.15, 0.2) is 18.2 Å². The Balaban J connectivity index is 2.09. The van der Waals surface area contributed by atoms with Crippen molar-refractivity contribution < 1.29 is 9.90 Å². The van der Waals surface area contributed by atoms with Gasteiger partial charge in [0.05, 0.1) is 11.1 Å². The molecule has 0 unspecified atom stereocenters. The van der Waals surface area contributed by atoms with Crippen LogP contribution in [0.25, 0.3) is 11.0 Å². The van der Waals surface area contributed by atoms with Crippen LogP contribution in [0.3, 0.4) is 0 Å². The van der Waals surface area contributed by atoms with Gasteiger partial charge in [-0.05, 0) is 50.7 Å². The van der Waals surface area contributed by atoms with Crippen LogP contribution >= 0.6 is 0 Å². The van der Waals surface area contributed by atoms with Gasteiger partial charge in [-0.2, -0.15) is 0 Å². The predicted octanol–water partition coefficient (Wildman–Crippen LogP) is 3.79. The molecule has 2 aromatic rings. The van der Waals surface area contributed by atoms with E-state index in [0.29, 0.717) is 17.1 Å². The van der Waals surface area contributed by atoms with E-state index in [0.717, 1.165) is 30.1 Å². The highest BCUT2D eigenvalue weighted by molar-refractivity contribution is 6.01. The second-order valence-corrected chi connectivity index (χ2v) is 5.92. The van der Waals surface area contributed by atoms with Crippen LogP contribution in [0.4, 0.5) is 0 Å². The third kappa shape index (κ3) is 2.09. The van der Waals surface area contributed by atoms with E-state index in [4.69, 9.17) is 0 Å². The summed E-state index contributed by atoms with van der Waals surface area (Å²) >= 11 is 0. The van der Waals surface area contributed by atoms with Crippen molar-refractivity contribution >= 4 is 17.0 Å². The van der Waals surface area contributed by atoms with E-state index in [-0.39, 0.29) is 0 Å². The third-order valence-corrected chi connectivity index (χ3v) is 4.48. The first-order chi connectivity index (χ1) is 9.58. The Hall–Kier alpha value is -1.84. The van der Waals surface area contributed by atoms with E-state index in [2.05, 4.69) is 16.5 Å². The van der Waals surface area contributed by atoms with Crippen molar-refractivity contribution in [3.8, 4) is 0 Å². The first kappa shape index (κ1) is 13.2. The van der Waals surface area contributed by atoms with Crippen molar-refractivity contribution in [2.75, 3.05) is 0 Å². The van der Waals surface area contributed by atoms with Crippen LogP contribution in [-0.4, -0.2) is 20.6 Å². The number of aromatic nitrogens is 2. The number of aryl methyl sites for hydroxylation is 1. The number of benzene rings is 1.